The van der Waals surface area contributed by atoms with Crippen LogP contribution < -0.4 is 0 Å². The Morgan fingerprint density at radius 1 is 1.15 bits per heavy atom. The molecule has 1 amide bonds. The molecule has 2 aromatic rings. The lowest BCUT2D eigenvalue weighted by Crippen LogP contribution is -2.38. The highest BCUT2D eigenvalue weighted by Crippen LogP contribution is 2.20. The first-order valence-electron chi connectivity index (χ1n) is 9.46. The van der Waals surface area contributed by atoms with Crippen molar-refractivity contribution in [1.29, 1.82) is 0 Å². The van der Waals surface area contributed by atoms with Gasteiger partial charge in [0.1, 0.15) is 5.76 Å². The summed E-state index contributed by atoms with van der Waals surface area (Å²) >= 11 is 0. The first-order chi connectivity index (χ1) is 13.1. The van der Waals surface area contributed by atoms with Crippen molar-refractivity contribution < 1.29 is 19.1 Å². The number of furan rings is 1. The maximum Gasteiger partial charge on any atom is 0.303 e. The predicted octanol–water partition coefficient (Wildman–Crippen LogP) is 1.75. The number of carbonyl (C=O) groups is 2. The molecule has 1 saturated heterocycles. The van der Waals surface area contributed by atoms with Crippen molar-refractivity contribution in [2.45, 2.75) is 45.3 Å². The van der Waals surface area contributed by atoms with Gasteiger partial charge in [-0.2, -0.15) is 5.10 Å². The Balaban J connectivity index is 1.39. The minimum Gasteiger partial charge on any atom is -0.481 e. The third-order valence-electron chi connectivity index (χ3n) is 5.18. The number of carboxylic acid groups (broad SMARTS) is 1. The molecule has 1 fully saturated rings. The minimum absolute atomic E-state index is 0.0608. The summed E-state index contributed by atoms with van der Waals surface area (Å²) < 4.78 is 7.66. The highest BCUT2D eigenvalue weighted by atomic mass is 16.4. The Hall–Kier alpha value is -2.61. The molecule has 0 atom stereocenters. The fourth-order valence-electron chi connectivity index (χ4n) is 3.75. The number of aryl methyl sites for hydroxylation is 1. The standard InChI is InChI=1S/C19H24N4O4/c24-18(25)6-3-14-11-15-12-22(9-10-23(15)20-14)19(26)17-5-4-16(27-17)13-21-7-1-2-8-21/h4-5,11H,1-3,6-10,12-13H2,(H,24,25). The molecule has 8 heteroatoms. The van der Waals surface area contributed by atoms with Crippen molar-refractivity contribution in [3.63, 3.8) is 0 Å². The normalized spacial score (nSPS) is 17.3. The van der Waals surface area contributed by atoms with E-state index < -0.39 is 5.97 Å². The van der Waals surface area contributed by atoms with Gasteiger partial charge in [-0.05, 0) is 44.1 Å². The fraction of sp³-hybridized carbons (Fsp3) is 0.526. The van der Waals surface area contributed by atoms with Gasteiger partial charge in [-0.15, -0.1) is 0 Å². The van der Waals surface area contributed by atoms with E-state index in [9.17, 15) is 9.59 Å². The van der Waals surface area contributed by atoms with E-state index in [-0.39, 0.29) is 12.3 Å². The number of aromatic nitrogens is 2. The summed E-state index contributed by atoms with van der Waals surface area (Å²) in [5, 5.41) is 13.2. The van der Waals surface area contributed by atoms with Crippen LogP contribution in [-0.4, -0.2) is 56.2 Å². The van der Waals surface area contributed by atoms with Gasteiger partial charge >= 0.3 is 5.97 Å². The van der Waals surface area contributed by atoms with Gasteiger partial charge in [-0.25, -0.2) is 0 Å². The van der Waals surface area contributed by atoms with Crippen LogP contribution in [0.1, 0.15) is 47.0 Å². The van der Waals surface area contributed by atoms with E-state index in [0.29, 0.717) is 31.8 Å². The highest BCUT2D eigenvalue weighted by Gasteiger charge is 2.25. The Morgan fingerprint density at radius 3 is 2.74 bits per heavy atom. The molecule has 0 spiro atoms. The topological polar surface area (TPSA) is 91.8 Å². The maximum absolute atomic E-state index is 12.8. The Kier molecular flexibility index (Phi) is 4.98. The molecule has 2 aliphatic heterocycles. The van der Waals surface area contributed by atoms with E-state index in [1.807, 2.05) is 16.8 Å². The summed E-state index contributed by atoms with van der Waals surface area (Å²) in [5.74, 6) is 0.268. The zero-order valence-corrected chi connectivity index (χ0v) is 15.3. The molecular weight excluding hydrogens is 348 g/mol. The molecular formula is C19H24N4O4. The third-order valence-corrected chi connectivity index (χ3v) is 5.18. The first-order valence-corrected chi connectivity index (χ1v) is 9.46. The van der Waals surface area contributed by atoms with Crippen molar-refractivity contribution in [3.8, 4) is 0 Å². The van der Waals surface area contributed by atoms with Gasteiger partial charge in [-0.3, -0.25) is 19.2 Å². The quantitative estimate of drug-likeness (QED) is 0.831. The number of rotatable bonds is 6. The largest absolute Gasteiger partial charge is 0.481 e. The summed E-state index contributed by atoms with van der Waals surface area (Å²) in [6, 6.07) is 5.55. The van der Waals surface area contributed by atoms with E-state index in [1.165, 1.54) is 12.8 Å². The number of fused-ring (bicyclic) bond motifs is 1. The molecule has 144 valence electrons. The van der Waals surface area contributed by atoms with Gasteiger partial charge < -0.3 is 14.4 Å². The number of amides is 1. The predicted molar refractivity (Wildman–Crippen MR) is 96.1 cm³/mol. The molecule has 2 aromatic heterocycles. The molecule has 4 heterocycles. The van der Waals surface area contributed by atoms with Gasteiger partial charge in [0.05, 0.1) is 37.4 Å². The lowest BCUT2D eigenvalue weighted by Gasteiger charge is -2.26. The van der Waals surface area contributed by atoms with Crippen LogP contribution in [0.15, 0.2) is 22.6 Å². The molecule has 4 rings (SSSR count). The molecule has 0 bridgehead atoms. The van der Waals surface area contributed by atoms with E-state index >= 15 is 0 Å². The number of carbonyl (C=O) groups excluding carboxylic acids is 1. The number of hydrogen-bond donors (Lipinski definition) is 1. The zero-order valence-electron chi connectivity index (χ0n) is 15.3. The lowest BCUT2D eigenvalue weighted by molar-refractivity contribution is -0.136. The average molecular weight is 372 g/mol. The average Bonchev–Trinajstić information content (AvgIpc) is 3.39. The minimum atomic E-state index is -0.833. The summed E-state index contributed by atoms with van der Waals surface area (Å²) in [5.41, 5.74) is 1.69. The number of likely N-dealkylation sites (tertiary alicyclic amines) is 1. The number of nitrogens with zero attached hydrogens (tertiary/aromatic N) is 4. The molecule has 2 aliphatic rings. The fourth-order valence-corrected chi connectivity index (χ4v) is 3.75. The molecule has 27 heavy (non-hydrogen) atoms. The van der Waals surface area contributed by atoms with Gasteiger partial charge in [0.2, 0.25) is 0 Å². The summed E-state index contributed by atoms with van der Waals surface area (Å²) in [4.78, 5) is 27.6. The van der Waals surface area contributed by atoms with E-state index in [2.05, 4.69) is 10.00 Å². The van der Waals surface area contributed by atoms with Crippen LogP contribution >= 0.6 is 0 Å². The molecule has 0 unspecified atom stereocenters. The zero-order chi connectivity index (χ0) is 18.8. The summed E-state index contributed by atoms with van der Waals surface area (Å²) in [6.07, 6.45) is 2.91. The second kappa shape index (κ2) is 7.56. The van der Waals surface area contributed by atoms with E-state index in [0.717, 1.165) is 36.8 Å². The van der Waals surface area contributed by atoms with Crippen LogP contribution in [0.4, 0.5) is 0 Å². The smallest absolute Gasteiger partial charge is 0.303 e. The summed E-state index contributed by atoms with van der Waals surface area (Å²) in [7, 11) is 0. The number of aliphatic carboxylic acids is 1. The van der Waals surface area contributed by atoms with Crippen LogP contribution in [0.25, 0.3) is 0 Å². The van der Waals surface area contributed by atoms with Crippen LogP contribution in [0.5, 0.6) is 0 Å². The van der Waals surface area contributed by atoms with Crippen molar-refractivity contribution in [1.82, 2.24) is 19.6 Å². The second-order valence-electron chi connectivity index (χ2n) is 7.22. The van der Waals surface area contributed by atoms with Crippen molar-refractivity contribution in [2.75, 3.05) is 19.6 Å². The van der Waals surface area contributed by atoms with Crippen LogP contribution in [-0.2, 0) is 30.8 Å². The van der Waals surface area contributed by atoms with Crippen molar-refractivity contribution >= 4 is 11.9 Å². The maximum atomic E-state index is 12.8. The lowest BCUT2D eigenvalue weighted by atomic mass is 10.2. The number of hydrogen-bond acceptors (Lipinski definition) is 5. The van der Waals surface area contributed by atoms with Gasteiger partial charge in [0.25, 0.3) is 5.91 Å². The second-order valence-corrected chi connectivity index (χ2v) is 7.22. The van der Waals surface area contributed by atoms with Crippen LogP contribution in [0, 0.1) is 0 Å². The van der Waals surface area contributed by atoms with Crippen molar-refractivity contribution in [3.05, 3.63) is 41.1 Å². The summed E-state index contributed by atoms with van der Waals surface area (Å²) in [6.45, 7) is 4.56. The highest BCUT2D eigenvalue weighted by molar-refractivity contribution is 5.91. The van der Waals surface area contributed by atoms with Gasteiger partial charge in [0, 0.05) is 13.0 Å². The Labute approximate surface area is 157 Å². The van der Waals surface area contributed by atoms with Crippen LogP contribution in [0.2, 0.25) is 0 Å². The number of carboxylic acids is 1. The molecule has 8 nitrogen and oxygen atoms in total. The van der Waals surface area contributed by atoms with E-state index in [4.69, 9.17) is 9.52 Å². The molecule has 0 radical (unpaired) electrons. The molecule has 1 N–H and O–H groups in total. The first kappa shape index (κ1) is 17.8. The van der Waals surface area contributed by atoms with Crippen LogP contribution in [0.3, 0.4) is 0 Å². The SMILES string of the molecule is O=C(O)CCc1cc2n(n1)CCN(C(=O)c1ccc(CN3CCCC3)o1)C2. The molecule has 0 aliphatic carbocycles. The monoisotopic (exact) mass is 372 g/mol. The van der Waals surface area contributed by atoms with Gasteiger partial charge in [-0.1, -0.05) is 0 Å². The molecule has 0 aromatic carbocycles. The Morgan fingerprint density at radius 2 is 1.96 bits per heavy atom. The third kappa shape index (κ3) is 4.05. The van der Waals surface area contributed by atoms with Crippen molar-refractivity contribution in [2.24, 2.45) is 0 Å². The Bertz CT molecular complexity index is 835. The van der Waals surface area contributed by atoms with E-state index in [1.54, 1.807) is 11.0 Å². The van der Waals surface area contributed by atoms with Gasteiger partial charge in [0.15, 0.2) is 5.76 Å². The molecule has 0 saturated carbocycles.